The molecule has 0 aliphatic rings. The largest absolute Gasteiger partial charge is 0.310 e. The molecule has 1 aromatic carbocycles. The Kier molecular flexibility index (Phi) is 5.75. The number of hydrogen-bond donors (Lipinski definition) is 1. The second-order valence-electron chi connectivity index (χ2n) is 5.01. The maximum atomic E-state index is 4.67. The molecule has 0 saturated heterocycles. The van der Waals surface area contributed by atoms with Crippen LogP contribution in [0.5, 0.6) is 0 Å². The molecule has 0 saturated carbocycles. The monoisotopic (exact) mass is 352 g/mol. The van der Waals surface area contributed by atoms with Crippen molar-refractivity contribution in [3.05, 3.63) is 49.9 Å². The summed E-state index contributed by atoms with van der Waals surface area (Å²) in [6.45, 7) is 7.46. The van der Waals surface area contributed by atoms with Gasteiger partial charge in [0, 0.05) is 21.8 Å². The van der Waals surface area contributed by atoms with E-state index in [0.717, 1.165) is 29.6 Å². The highest BCUT2D eigenvalue weighted by atomic mass is 79.9. The van der Waals surface area contributed by atoms with Crippen LogP contribution in [0.15, 0.2) is 28.7 Å². The molecule has 108 valence electrons. The zero-order valence-electron chi connectivity index (χ0n) is 12.2. The van der Waals surface area contributed by atoms with Crippen LogP contribution in [0, 0.1) is 13.8 Å². The number of hydrogen-bond acceptors (Lipinski definition) is 3. The van der Waals surface area contributed by atoms with E-state index in [0.29, 0.717) is 6.04 Å². The number of nitrogens with zero attached hydrogens (tertiary/aromatic N) is 1. The molecule has 0 aliphatic heterocycles. The third kappa shape index (κ3) is 4.14. The normalized spacial score (nSPS) is 12.6. The number of rotatable bonds is 6. The lowest BCUT2D eigenvalue weighted by Gasteiger charge is -2.18. The van der Waals surface area contributed by atoms with Gasteiger partial charge in [-0.15, -0.1) is 11.3 Å². The van der Waals surface area contributed by atoms with Crippen LogP contribution < -0.4 is 5.32 Å². The molecule has 1 unspecified atom stereocenters. The average molecular weight is 353 g/mol. The lowest BCUT2D eigenvalue weighted by atomic mass is 10.0. The summed E-state index contributed by atoms with van der Waals surface area (Å²) in [6.07, 6.45) is 2.10. The first kappa shape index (κ1) is 15.7. The predicted octanol–water partition coefficient (Wildman–Crippen LogP) is 4.81. The highest BCUT2D eigenvalue weighted by Gasteiger charge is 2.14. The molecule has 0 bridgehead atoms. The van der Waals surface area contributed by atoms with Gasteiger partial charge in [-0.3, -0.25) is 0 Å². The molecule has 0 fully saturated rings. The Balaban J connectivity index is 2.16. The highest BCUT2D eigenvalue weighted by molar-refractivity contribution is 9.10. The van der Waals surface area contributed by atoms with Crippen LogP contribution >= 0.6 is 27.3 Å². The van der Waals surface area contributed by atoms with E-state index in [-0.39, 0.29) is 0 Å². The molecule has 0 radical (unpaired) electrons. The van der Waals surface area contributed by atoms with Crippen LogP contribution in [-0.2, 0) is 6.42 Å². The first-order valence-electron chi connectivity index (χ1n) is 7.02. The summed E-state index contributed by atoms with van der Waals surface area (Å²) >= 11 is 5.31. The predicted molar refractivity (Wildman–Crippen MR) is 90.5 cm³/mol. The van der Waals surface area contributed by atoms with Crippen molar-refractivity contribution < 1.29 is 0 Å². The smallest absolute Gasteiger partial charge is 0.0949 e. The van der Waals surface area contributed by atoms with Gasteiger partial charge in [-0.25, -0.2) is 4.98 Å². The summed E-state index contributed by atoms with van der Waals surface area (Å²) in [6, 6.07) is 8.92. The van der Waals surface area contributed by atoms with E-state index in [9.17, 15) is 0 Å². The molecule has 2 aromatic rings. The minimum absolute atomic E-state index is 0.341. The van der Waals surface area contributed by atoms with Crippen molar-refractivity contribution in [1.29, 1.82) is 0 Å². The minimum Gasteiger partial charge on any atom is -0.310 e. The van der Waals surface area contributed by atoms with Gasteiger partial charge in [0.2, 0.25) is 0 Å². The zero-order valence-corrected chi connectivity index (χ0v) is 14.6. The fourth-order valence-electron chi connectivity index (χ4n) is 2.12. The number of halogens is 1. The second-order valence-corrected chi connectivity index (χ2v) is 7.22. The van der Waals surface area contributed by atoms with Crippen LogP contribution in [0.1, 0.15) is 40.5 Å². The number of benzene rings is 1. The summed E-state index contributed by atoms with van der Waals surface area (Å²) in [5, 5.41) is 4.85. The Bertz CT molecular complexity index is 529. The maximum absolute atomic E-state index is 4.67. The molecular formula is C16H21BrN2S. The molecule has 20 heavy (non-hydrogen) atoms. The molecular weight excluding hydrogens is 332 g/mol. The average Bonchev–Trinajstić information content (AvgIpc) is 2.74. The van der Waals surface area contributed by atoms with E-state index < -0.39 is 0 Å². The fraction of sp³-hybridized carbons (Fsp3) is 0.438. The summed E-state index contributed by atoms with van der Waals surface area (Å²) in [5.74, 6) is 0. The number of aromatic nitrogens is 1. The van der Waals surface area contributed by atoms with Crippen LogP contribution in [0.3, 0.4) is 0 Å². The Morgan fingerprint density at radius 1 is 1.25 bits per heavy atom. The molecule has 2 nitrogen and oxygen atoms in total. The Morgan fingerprint density at radius 2 is 1.95 bits per heavy atom. The molecule has 2 rings (SSSR count). The van der Waals surface area contributed by atoms with Gasteiger partial charge in [0.05, 0.1) is 10.7 Å². The molecule has 1 N–H and O–H groups in total. The lowest BCUT2D eigenvalue weighted by molar-refractivity contribution is 0.528. The van der Waals surface area contributed by atoms with Crippen LogP contribution in [0.25, 0.3) is 0 Å². The standard InChI is InChI=1S/C16H21BrN2S/c1-4-9-18-15(13-5-7-14(17)8-6-13)10-16-19-11(2)12(3)20-16/h5-8,15,18H,4,9-10H2,1-3H3. The Morgan fingerprint density at radius 3 is 2.50 bits per heavy atom. The van der Waals surface area contributed by atoms with E-state index in [1.165, 1.54) is 15.4 Å². The van der Waals surface area contributed by atoms with Gasteiger partial charge in [0.1, 0.15) is 0 Å². The van der Waals surface area contributed by atoms with E-state index in [1.54, 1.807) is 0 Å². The fourth-order valence-corrected chi connectivity index (χ4v) is 3.37. The molecule has 1 atom stereocenters. The third-order valence-corrected chi connectivity index (χ3v) is 4.99. The number of thiazole rings is 1. The van der Waals surface area contributed by atoms with Crippen molar-refractivity contribution in [2.75, 3.05) is 6.54 Å². The van der Waals surface area contributed by atoms with Crippen LogP contribution in [0.2, 0.25) is 0 Å². The number of nitrogens with one attached hydrogen (secondary N) is 1. The van der Waals surface area contributed by atoms with Crippen molar-refractivity contribution in [1.82, 2.24) is 10.3 Å². The van der Waals surface area contributed by atoms with Crippen LogP contribution in [0.4, 0.5) is 0 Å². The molecule has 0 amide bonds. The first-order chi connectivity index (χ1) is 9.60. The van der Waals surface area contributed by atoms with Gasteiger partial charge >= 0.3 is 0 Å². The Labute approximate surface area is 133 Å². The van der Waals surface area contributed by atoms with Crippen molar-refractivity contribution in [3.8, 4) is 0 Å². The van der Waals surface area contributed by atoms with Crippen LogP contribution in [-0.4, -0.2) is 11.5 Å². The quantitative estimate of drug-likeness (QED) is 0.806. The number of aryl methyl sites for hydroxylation is 2. The van der Waals surface area contributed by atoms with Crippen molar-refractivity contribution >= 4 is 27.3 Å². The van der Waals surface area contributed by atoms with Gasteiger partial charge in [-0.05, 0) is 44.5 Å². The molecule has 1 aromatic heterocycles. The summed E-state index contributed by atoms with van der Waals surface area (Å²) in [5.41, 5.74) is 2.49. The Hall–Kier alpha value is -0.710. The van der Waals surface area contributed by atoms with Crippen molar-refractivity contribution in [2.24, 2.45) is 0 Å². The summed E-state index contributed by atoms with van der Waals surface area (Å²) in [4.78, 5) is 5.99. The molecule has 4 heteroatoms. The van der Waals surface area contributed by atoms with E-state index >= 15 is 0 Å². The molecule has 1 heterocycles. The van der Waals surface area contributed by atoms with Gasteiger partial charge in [-0.1, -0.05) is 35.0 Å². The zero-order chi connectivity index (χ0) is 14.5. The van der Waals surface area contributed by atoms with E-state index in [4.69, 9.17) is 0 Å². The molecule has 0 spiro atoms. The van der Waals surface area contributed by atoms with E-state index in [2.05, 4.69) is 71.3 Å². The molecule has 0 aliphatic carbocycles. The first-order valence-corrected chi connectivity index (χ1v) is 8.63. The maximum Gasteiger partial charge on any atom is 0.0949 e. The lowest BCUT2D eigenvalue weighted by Crippen LogP contribution is -2.24. The SMILES string of the molecule is CCCNC(Cc1nc(C)c(C)s1)c1ccc(Br)cc1. The van der Waals surface area contributed by atoms with Gasteiger partial charge < -0.3 is 5.32 Å². The van der Waals surface area contributed by atoms with Gasteiger partial charge in [0.15, 0.2) is 0 Å². The van der Waals surface area contributed by atoms with Gasteiger partial charge in [0.25, 0.3) is 0 Å². The van der Waals surface area contributed by atoms with Crippen molar-refractivity contribution in [2.45, 2.75) is 39.7 Å². The minimum atomic E-state index is 0.341. The third-order valence-electron chi connectivity index (χ3n) is 3.36. The van der Waals surface area contributed by atoms with E-state index in [1.807, 2.05) is 11.3 Å². The summed E-state index contributed by atoms with van der Waals surface area (Å²) < 4.78 is 1.12. The highest BCUT2D eigenvalue weighted by Crippen LogP contribution is 2.24. The van der Waals surface area contributed by atoms with Crippen molar-refractivity contribution in [3.63, 3.8) is 0 Å². The second kappa shape index (κ2) is 7.34. The topological polar surface area (TPSA) is 24.9 Å². The summed E-state index contributed by atoms with van der Waals surface area (Å²) in [7, 11) is 0. The van der Waals surface area contributed by atoms with Gasteiger partial charge in [-0.2, -0.15) is 0 Å².